The van der Waals surface area contributed by atoms with Crippen LogP contribution in [0.3, 0.4) is 0 Å². The Labute approximate surface area is 154 Å². The molecule has 0 amide bonds. The van der Waals surface area contributed by atoms with Crippen LogP contribution in [0.1, 0.15) is 25.5 Å². The summed E-state index contributed by atoms with van der Waals surface area (Å²) in [7, 11) is 0. The number of carboxylic acids is 1. The van der Waals surface area contributed by atoms with Gasteiger partial charge in [0.1, 0.15) is 30.1 Å². The number of aliphatic hydroxyl groups excluding tert-OH is 2. The van der Waals surface area contributed by atoms with Crippen molar-refractivity contribution in [3.05, 3.63) is 12.7 Å². The van der Waals surface area contributed by atoms with E-state index < -0.39 is 42.6 Å². The smallest absolute Gasteiger partial charge is 0.320 e. The Hall–Kier alpha value is -2.38. The van der Waals surface area contributed by atoms with Crippen LogP contribution in [0.15, 0.2) is 12.7 Å². The number of aromatic nitrogens is 4. The number of ether oxygens (including phenoxy) is 1. The Balaban J connectivity index is 1.68. The number of carboxylic acid groups (broad SMARTS) is 1. The molecule has 12 heteroatoms. The lowest BCUT2D eigenvalue weighted by Crippen LogP contribution is -2.37. The van der Waals surface area contributed by atoms with E-state index in [1.54, 1.807) is 0 Å². The molecule has 1 fully saturated rings. The van der Waals surface area contributed by atoms with Crippen LogP contribution >= 0.6 is 0 Å². The average molecular weight is 381 g/mol. The van der Waals surface area contributed by atoms with Crippen molar-refractivity contribution in [2.75, 3.05) is 5.73 Å². The Bertz CT molecular complexity index is 815. The van der Waals surface area contributed by atoms with E-state index in [1.165, 1.54) is 17.2 Å². The number of nitrogens with zero attached hydrogens (tertiary/aromatic N) is 4. The molecule has 2 aromatic heterocycles. The molecule has 0 radical (unpaired) electrons. The predicted molar refractivity (Wildman–Crippen MR) is 93.1 cm³/mol. The number of carbonyl (C=O) groups is 1. The summed E-state index contributed by atoms with van der Waals surface area (Å²) < 4.78 is 7.28. The number of imidazole rings is 1. The van der Waals surface area contributed by atoms with E-state index in [-0.39, 0.29) is 18.7 Å². The number of aliphatic hydroxyl groups is 2. The minimum absolute atomic E-state index is 0.195. The van der Waals surface area contributed by atoms with E-state index in [2.05, 4.69) is 15.0 Å². The standard InChI is InChI=1S/C15H23N7O5/c16-6(1-2-7(17)15(25)26)3-8-10(23)11(24)14(27-8)22-5-21-9-12(18)19-4-20-13(9)22/h4-8,10-11,14,23-24H,1-3,16-17H2,(H,25,26)(H2,18,19,20)/t6-,7-,8+,10+,11+,14+/m1/s1. The Morgan fingerprint density at radius 1 is 1.22 bits per heavy atom. The van der Waals surface area contributed by atoms with Crippen molar-refractivity contribution >= 4 is 23.0 Å². The minimum atomic E-state index is -1.22. The summed E-state index contributed by atoms with van der Waals surface area (Å²) in [5.74, 6) is -0.900. The van der Waals surface area contributed by atoms with E-state index in [9.17, 15) is 15.0 Å². The third kappa shape index (κ3) is 3.84. The summed E-state index contributed by atoms with van der Waals surface area (Å²) in [6.07, 6.45) is -0.604. The maximum absolute atomic E-state index is 10.8. The molecule has 148 valence electrons. The number of fused-ring (bicyclic) bond motifs is 1. The van der Waals surface area contributed by atoms with Gasteiger partial charge in [0.25, 0.3) is 0 Å². The van der Waals surface area contributed by atoms with Crippen LogP contribution in [0, 0.1) is 0 Å². The molecule has 0 saturated carbocycles. The molecule has 1 aliphatic heterocycles. The Morgan fingerprint density at radius 2 is 1.96 bits per heavy atom. The SMILES string of the molecule is Nc1ncnc2c1ncn2[C@H]1O[C@@H](C[C@H](N)CC[C@@H](N)C(=O)O)[C@H](O)[C@@H]1O. The summed E-state index contributed by atoms with van der Waals surface area (Å²) in [6, 6.07) is -1.44. The highest BCUT2D eigenvalue weighted by molar-refractivity contribution is 5.81. The fraction of sp³-hybridized carbons (Fsp3) is 0.600. The van der Waals surface area contributed by atoms with Gasteiger partial charge in [-0.1, -0.05) is 0 Å². The van der Waals surface area contributed by atoms with E-state index in [0.29, 0.717) is 17.6 Å². The highest BCUT2D eigenvalue weighted by Gasteiger charge is 2.44. The highest BCUT2D eigenvalue weighted by Crippen LogP contribution is 2.33. The van der Waals surface area contributed by atoms with Crippen LogP contribution in [-0.2, 0) is 9.53 Å². The third-order valence-corrected chi connectivity index (χ3v) is 4.70. The van der Waals surface area contributed by atoms with Crippen molar-refractivity contribution in [1.82, 2.24) is 19.5 Å². The predicted octanol–water partition coefficient (Wildman–Crippen LogP) is -2.06. The van der Waals surface area contributed by atoms with Gasteiger partial charge in [-0.15, -0.1) is 0 Å². The Kier molecular flexibility index (Phi) is 5.53. The second kappa shape index (κ2) is 7.70. The zero-order valence-electron chi connectivity index (χ0n) is 14.4. The molecule has 3 rings (SSSR count). The molecule has 9 N–H and O–H groups in total. The summed E-state index contributed by atoms with van der Waals surface area (Å²) in [6.45, 7) is 0. The number of anilines is 1. The molecule has 1 aliphatic rings. The fourth-order valence-electron chi connectivity index (χ4n) is 3.14. The van der Waals surface area contributed by atoms with Gasteiger partial charge in [-0.25, -0.2) is 15.0 Å². The van der Waals surface area contributed by atoms with Gasteiger partial charge in [0.2, 0.25) is 0 Å². The van der Waals surface area contributed by atoms with Crippen molar-refractivity contribution in [1.29, 1.82) is 0 Å². The molecular weight excluding hydrogens is 358 g/mol. The lowest BCUT2D eigenvalue weighted by Gasteiger charge is -2.20. The van der Waals surface area contributed by atoms with Gasteiger partial charge in [0.15, 0.2) is 17.7 Å². The summed E-state index contributed by atoms with van der Waals surface area (Å²) in [5, 5.41) is 29.5. The number of hydrogen-bond acceptors (Lipinski definition) is 10. The first kappa shape index (κ1) is 19.4. The second-order valence-corrected chi connectivity index (χ2v) is 6.65. The van der Waals surface area contributed by atoms with Gasteiger partial charge in [0, 0.05) is 6.04 Å². The average Bonchev–Trinajstić information content (AvgIpc) is 3.17. The molecule has 0 bridgehead atoms. The van der Waals surface area contributed by atoms with Crippen molar-refractivity contribution in [2.24, 2.45) is 11.5 Å². The summed E-state index contributed by atoms with van der Waals surface area (Å²) >= 11 is 0. The maximum Gasteiger partial charge on any atom is 0.320 e. The lowest BCUT2D eigenvalue weighted by atomic mass is 9.98. The van der Waals surface area contributed by atoms with Gasteiger partial charge in [0.05, 0.1) is 12.4 Å². The van der Waals surface area contributed by atoms with Crippen LogP contribution < -0.4 is 17.2 Å². The van der Waals surface area contributed by atoms with Gasteiger partial charge in [-0.05, 0) is 19.3 Å². The van der Waals surface area contributed by atoms with Crippen LogP contribution in [0.2, 0.25) is 0 Å². The molecule has 6 atom stereocenters. The van der Waals surface area contributed by atoms with Crippen LogP contribution in [0.4, 0.5) is 5.82 Å². The molecule has 1 saturated heterocycles. The van der Waals surface area contributed by atoms with E-state index in [1.807, 2.05) is 0 Å². The molecule has 0 aliphatic carbocycles. The van der Waals surface area contributed by atoms with Gasteiger partial charge < -0.3 is 37.3 Å². The van der Waals surface area contributed by atoms with E-state index in [4.69, 9.17) is 27.0 Å². The van der Waals surface area contributed by atoms with Crippen LogP contribution in [-0.4, -0.2) is 71.2 Å². The molecule has 0 aromatic carbocycles. The molecule has 0 spiro atoms. The van der Waals surface area contributed by atoms with Crippen molar-refractivity contribution in [2.45, 2.75) is 55.9 Å². The van der Waals surface area contributed by atoms with Gasteiger partial charge in [-0.2, -0.15) is 0 Å². The number of rotatable bonds is 7. The zero-order valence-corrected chi connectivity index (χ0v) is 14.4. The number of aliphatic carboxylic acids is 1. The van der Waals surface area contributed by atoms with Crippen LogP contribution in [0.5, 0.6) is 0 Å². The van der Waals surface area contributed by atoms with Gasteiger partial charge >= 0.3 is 5.97 Å². The second-order valence-electron chi connectivity index (χ2n) is 6.65. The molecule has 3 heterocycles. The molecule has 0 unspecified atom stereocenters. The zero-order chi connectivity index (χ0) is 19.7. The molecule has 27 heavy (non-hydrogen) atoms. The molecule has 2 aromatic rings. The minimum Gasteiger partial charge on any atom is -0.480 e. The van der Waals surface area contributed by atoms with Gasteiger partial charge in [-0.3, -0.25) is 9.36 Å². The number of hydrogen-bond donors (Lipinski definition) is 6. The number of nitrogens with two attached hydrogens (primary N) is 3. The van der Waals surface area contributed by atoms with Crippen molar-refractivity contribution < 1.29 is 24.9 Å². The molecular formula is C15H23N7O5. The van der Waals surface area contributed by atoms with Crippen molar-refractivity contribution in [3.63, 3.8) is 0 Å². The highest BCUT2D eigenvalue weighted by atomic mass is 16.6. The summed E-state index contributed by atoms with van der Waals surface area (Å²) in [5.41, 5.74) is 18.0. The topological polar surface area (TPSA) is 209 Å². The first-order valence-electron chi connectivity index (χ1n) is 8.48. The quantitative estimate of drug-likeness (QED) is 0.307. The maximum atomic E-state index is 10.8. The lowest BCUT2D eigenvalue weighted by molar-refractivity contribution is -0.138. The third-order valence-electron chi connectivity index (χ3n) is 4.70. The monoisotopic (exact) mass is 381 g/mol. The first-order valence-corrected chi connectivity index (χ1v) is 8.48. The molecule has 12 nitrogen and oxygen atoms in total. The van der Waals surface area contributed by atoms with E-state index in [0.717, 1.165) is 0 Å². The number of nitrogen functional groups attached to an aromatic ring is 1. The van der Waals surface area contributed by atoms with Crippen LogP contribution in [0.25, 0.3) is 11.2 Å². The first-order chi connectivity index (χ1) is 12.8. The summed E-state index contributed by atoms with van der Waals surface area (Å²) in [4.78, 5) is 22.8. The largest absolute Gasteiger partial charge is 0.480 e. The Morgan fingerprint density at radius 3 is 2.67 bits per heavy atom. The normalized spacial score (nSPS) is 27.7. The van der Waals surface area contributed by atoms with Crippen molar-refractivity contribution in [3.8, 4) is 0 Å². The fourth-order valence-corrected chi connectivity index (χ4v) is 3.14. The van der Waals surface area contributed by atoms with E-state index >= 15 is 0 Å².